The second-order valence-corrected chi connectivity index (χ2v) is 5.28. The van der Waals surface area contributed by atoms with Gasteiger partial charge >= 0.3 is 0 Å². The zero-order valence-electron chi connectivity index (χ0n) is 12.6. The summed E-state index contributed by atoms with van der Waals surface area (Å²) in [4.78, 5) is 0. The molecule has 0 heterocycles. The number of allylic oxidation sites excluding steroid dienone is 1. The fourth-order valence-electron chi connectivity index (χ4n) is 2.22. The van der Waals surface area contributed by atoms with Gasteiger partial charge < -0.3 is 9.84 Å². The van der Waals surface area contributed by atoms with Gasteiger partial charge in [0.05, 0.1) is 13.2 Å². The Hall–Kier alpha value is -2.06. The quantitative estimate of drug-likeness (QED) is 0.621. The van der Waals surface area contributed by atoms with E-state index in [2.05, 4.69) is 25.1 Å². The third kappa shape index (κ3) is 4.76. The summed E-state index contributed by atoms with van der Waals surface area (Å²) in [7, 11) is 0. The van der Waals surface area contributed by atoms with Crippen LogP contribution in [0.4, 0.5) is 0 Å². The first kappa shape index (κ1) is 15.3. The monoisotopic (exact) mass is 282 g/mol. The Balaban J connectivity index is 1.81. The largest absolute Gasteiger partial charge is 0.508 e. The van der Waals surface area contributed by atoms with Crippen molar-refractivity contribution in [1.82, 2.24) is 0 Å². The Labute approximate surface area is 126 Å². The van der Waals surface area contributed by atoms with Crippen molar-refractivity contribution in [2.75, 3.05) is 6.61 Å². The summed E-state index contributed by atoms with van der Waals surface area (Å²) in [6, 6.07) is 15.9. The number of aromatic hydroxyl groups is 1. The molecule has 21 heavy (non-hydrogen) atoms. The lowest BCUT2D eigenvalue weighted by atomic mass is 9.98. The van der Waals surface area contributed by atoms with Gasteiger partial charge in [0.2, 0.25) is 0 Å². The van der Waals surface area contributed by atoms with Gasteiger partial charge in [-0.3, -0.25) is 0 Å². The van der Waals surface area contributed by atoms with E-state index in [1.165, 1.54) is 5.56 Å². The van der Waals surface area contributed by atoms with Crippen molar-refractivity contribution in [3.63, 3.8) is 0 Å². The lowest BCUT2D eigenvalue weighted by Gasteiger charge is -2.10. The average Bonchev–Trinajstić information content (AvgIpc) is 2.47. The molecule has 110 valence electrons. The lowest BCUT2D eigenvalue weighted by molar-refractivity contribution is 0.148. The predicted octanol–water partition coefficient (Wildman–Crippen LogP) is 4.58. The summed E-state index contributed by atoms with van der Waals surface area (Å²) in [5.74, 6) is 0.531. The van der Waals surface area contributed by atoms with Gasteiger partial charge in [-0.05, 0) is 24.1 Å². The molecule has 0 amide bonds. The molecule has 0 aliphatic rings. The summed E-state index contributed by atoms with van der Waals surface area (Å²) in [5, 5.41) is 9.95. The molecular formula is C19H22O2. The van der Waals surface area contributed by atoms with E-state index in [4.69, 9.17) is 4.74 Å². The number of phenols is 1. The Kier molecular flexibility index (Phi) is 5.59. The van der Waals surface area contributed by atoms with E-state index < -0.39 is 0 Å². The standard InChI is InChI=1S/C19H22O2/c1-15-10-11-18(19(20)13-15)16(2)7-6-12-21-14-17-8-4-3-5-9-17/h3-11,13,16,20H,12,14H2,1-2H3/b7-6-/t16-/m1/s1. The van der Waals surface area contributed by atoms with Crippen LogP contribution in [-0.2, 0) is 11.3 Å². The van der Waals surface area contributed by atoms with Crippen molar-refractivity contribution < 1.29 is 9.84 Å². The van der Waals surface area contributed by atoms with Crippen LogP contribution in [-0.4, -0.2) is 11.7 Å². The molecule has 0 spiro atoms. The fourth-order valence-corrected chi connectivity index (χ4v) is 2.22. The summed E-state index contributed by atoms with van der Waals surface area (Å²) in [6.45, 7) is 5.24. The molecule has 1 atom stereocenters. The van der Waals surface area contributed by atoms with Gasteiger partial charge in [-0.15, -0.1) is 0 Å². The average molecular weight is 282 g/mol. The Morgan fingerprint density at radius 1 is 1.14 bits per heavy atom. The zero-order valence-corrected chi connectivity index (χ0v) is 12.6. The molecule has 0 aliphatic carbocycles. The van der Waals surface area contributed by atoms with Gasteiger partial charge in [-0.25, -0.2) is 0 Å². The molecule has 0 aliphatic heterocycles. The van der Waals surface area contributed by atoms with Gasteiger partial charge in [-0.2, -0.15) is 0 Å². The van der Waals surface area contributed by atoms with Crippen molar-refractivity contribution >= 4 is 0 Å². The van der Waals surface area contributed by atoms with Crippen LogP contribution in [0.2, 0.25) is 0 Å². The highest BCUT2D eigenvalue weighted by molar-refractivity contribution is 5.39. The van der Waals surface area contributed by atoms with Crippen molar-refractivity contribution in [3.8, 4) is 5.75 Å². The molecule has 0 bridgehead atoms. The molecule has 0 fully saturated rings. The first-order valence-electron chi connectivity index (χ1n) is 7.24. The Morgan fingerprint density at radius 3 is 2.62 bits per heavy atom. The lowest BCUT2D eigenvalue weighted by Crippen LogP contribution is -1.94. The maximum atomic E-state index is 9.95. The molecule has 2 nitrogen and oxygen atoms in total. The zero-order chi connectivity index (χ0) is 15.1. The minimum Gasteiger partial charge on any atom is -0.508 e. The van der Waals surface area contributed by atoms with Crippen LogP contribution in [0.5, 0.6) is 5.75 Å². The number of rotatable bonds is 6. The van der Waals surface area contributed by atoms with E-state index in [1.54, 1.807) is 6.07 Å². The van der Waals surface area contributed by atoms with Crippen molar-refractivity contribution in [1.29, 1.82) is 0 Å². The van der Waals surface area contributed by atoms with E-state index in [0.717, 1.165) is 11.1 Å². The van der Waals surface area contributed by atoms with Crippen LogP contribution in [0.25, 0.3) is 0 Å². The number of aryl methyl sites for hydroxylation is 1. The van der Waals surface area contributed by atoms with Gasteiger partial charge in [-0.1, -0.05) is 61.5 Å². The molecule has 0 unspecified atom stereocenters. The van der Waals surface area contributed by atoms with Gasteiger partial charge in [0.1, 0.15) is 5.75 Å². The van der Waals surface area contributed by atoms with Crippen LogP contribution in [0.3, 0.4) is 0 Å². The highest BCUT2D eigenvalue weighted by Crippen LogP contribution is 2.27. The van der Waals surface area contributed by atoms with E-state index in [9.17, 15) is 5.11 Å². The van der Waals surface area contributed by atoms with E-state index >= 15 is 0 Å². The Bertz CT molecular complexity index is 588. The van der Waals surface area contributed by atoms with E-state index in [-0.39, 0.29) is 5.92 Å². The number of hydrogen-bond acceptors (Lipinski definition) is 2. The molecule has 1 N–H and O–H groups in total. The van der Waals surface area contributed by atoms with Crippen molar-refractivity contribution in [3.05, 3.63) is 77.4 Å². The highest BCUT2D eigenvalue weighted by atomic mass is 16.5. The maximum Gasteiger partial charge on any atom is 0.119 e. The minimum atomic E-state index is 0.172. The number of hydrogen-bond donors (Lipinski definition) is 1. The van der Waals surface area contributed by atoms with Crippen molar-refractivity contribution in [2.45, 2.75) is 26.4 Å². The van der Waals surface area contributed by atoms with Crippen LogP contribution < -0.4 is 0 Å². The summed E-state index contributed by atoms with van der Waals surface area (Å²) >= 11 is 0. The van der Waals surface area contributed by atoms with Crippen LogP contribution in [0.15, 0.2) is 60.7 Å². The smallest absolute Gasteiger partial charge is 0.119 e. The molecule has 0 saturated carbocycles. The van der Waals surface area contributed by atoms with Gasteiger partial charge in [0, 0.05) is 11.5 Å². The first-order valence-corrected chi connectivity index (χ1v) is 7.24. The molecule has 2 rings (SSSR count). The molecule has 2 heteroatoms. The third-order valence-corrected chi connectivity index (χ3v) is 3.43. The van der Waals surface area contributed by atoms with Crippen LogP contribution in [0.1, 0.15) is 29.5 Å². The van der Waals surface area contributed by atoms with E-state index in [1.807, 2.05) is 43.3 Å². The number of phenolic OH excluding ortho intramolecular Hbond substituents is 1. The number of ether oxygens (including phenoxy) is 1. The minimum absolute atomic E-state index is 0.172. The van der Waals surface area contributed by atoms with Gasteiger partial charge in [0.15, 0.2) is 0 Å². The van der Waals surface area contributed by atoms with Crippen molar-refractivity contribution in [2.24, 2.45) is 0 Å². The molecule has 0 aromatic heterocycles. The Morgan fingerprint density at radius 2 is 1.90 bits per heavy atom. The second kappa shape index (κ2) is 7.65. The number of benzene rings is 2. The predicted molar refractivity (Wildman–Crippen MR) is 86.5 cm³/mol. The fraction of sp³-hybridized carbons (Fsp3) is 0.263. The summed E-state index contributed by atoms with van der Waals surface area (Å²) in [5.41, 5.74) is 3.19. The molecular weight excluding hydrogens is 260 g/mol. The molecule has 2 aromatic rings. The summed E-state index contributed by atoms with van der Waals surface area (Å²) in [6.07, 6.45) is 4.07. The third-order valence-electron chi connectivity index (χ3n) is 3.43. The maximum absolute atomic E-state index is 9.95. The molecule has 0 saturated heterocycles. The normalized spacial score (nSPS) is 12.7. The summed E-state index contributed by atoms with van der Waals surface area (Å²) < 4.78 is 5.61. The van der Waals surface area contributed by atoms with Crippen LogP contribution >= 0.6 is 0 Å². The second-order valence-electron chi connectivity index (χ2n) is 5.28. The van der Waals surface area contributed by atoms with Gasteiger partial charge in [0.25, 0.3) is 0 Å². The SMILES string of the molecule is Cc1ccc([C@H](C)/C=C\COCc2ccccc2)c(O)c1. The van der Waals surface area contributed by atoms with E-state index in [0.29, 0.717) is 19.0 Å². The topological polar surface area (TPSA) is 29.5 Å². The molecule has 0 radical (unpaired) electrons. The molecule has 2 aromatic carbocycles. The highest BCUT2D eigenvalue weighted by Gasteiger charge is 2.06. The first-order chi connectivity index (χ1) is 10.2. The van der Waals surface area contributed by atoms with Crippen LogP contribution in [0, 0.1) is 6.92 Å².